The largest absolute Gasteiger partial charge is 0.334 e. The number of fused-ring (bicyclic) bond motifs is 2. The zero-order valence-electron chi connectivity index (χ0n) is 19.3. The van der Waals surface area contributed by atoms with Gasteiger partial charge < -0.3 is 4.90 Å². The molecule has 2 aromatic rings. The molecule has 2 aromatic carbocycles. The minimum absolute atomic E-state index is 0.0954. The molecule has 0 aromatic heterocycles. The Morgan fingerprint density at radius 1 is 1.15 bits per heavy atom. The molecule has 2 aliphatic carbocycles. The van der Waals surface area contributed by atoms with E-state index in [-0.39, 0.29) is 24.4 Å². The molecule has 1 aliphatic heterocycles. The number of amides is 4. The Hall–Kier alpha value is -3.15. The van der Waals surface area contributed by atoms with Gasteiger partial charge in [-0.3, -0.25) is 19.8 Å². The number of hydrogen-bond donors (Lipinski definition) is 1. The number of nitrogens with zero attached hydrogens (tertiary/aromatic N) is 2. The van der Waals surface area contributed by atoms with Crippen molar-refractivity contribution in [3.05, 3.63) is 70.8 Å². The van der Waals surface area contributed by atoms with Crippen LogP contribution < -0.4 is 5.32 Å². The van der Waals surface area contributed by atoms with Crippen LogP contribution in [0, 0.1) is 5.92 Å². The minimum Gasteiger partial charge on any atom is -0.334 e. The first-order chi connectivity index (χ1) is 15.9. The lowest BCUT2D eigenvalue weighted by atomic mass is 9.89. The first-order valence-corrected chi connectivity index (χ1v) is 12.0. The van der Waals surface area contributed by atoms with E-state index in [1.165, 1.54) is 10.5 Å². The predicted molar refractivity (Wildman–Crippen MR) is 125 cm³/mol. The second kappa shape index (κ2) is 8.32. The van der Waals surface area contributed by atoms with Crippen LogP contribution in [0.25, 0.3) is 0 Å². The Morgan fingerprint density at radius 2 is 1.91 bits per heavy atom. The van der Waals surface area contributed by atoms with Crippen molar-refractivity contribution >= 4 is 17.8 Å². The third-order valence-corrected chi connectivity index (χ3v) is 7.69. The molecule has 1 spiro atoms. The van der Waals surface area contributed by atoms with Crippen LogP contribution in [-0.4, -0.2) is 40.2 Å². The molecule has 1 heterocycles. The molecule has 2 atom stereocenters. The quantitative estimate of drug-likeness (QED) is 0.660. The number of urea groups is 1. The maximum absolute atomic E-state index is 13.7. The summed E-state index contributed by atoms with van der Waals surface area (Å²) >= 11 is 0. The topological polar surface area (TPSA) is 69.7 Å². The highest BCUT2D eigenvalue weighted by Crippen LogP contribution is 2.45. The first-order valence-electron chi connectivity index (χ1n) is 12.0. The number of hydrogen-bond acceptors (Lipinski definition) is 3. The highest BCUT2D eigenvalue weighted by atomic mass is 16.2. The van der Waals surface area contributed by atoms with Gasteiger partial charge in [0, 0.05) is 12.6 Å². The Kier molecular flexibility index (Phi) is 5.47. The van der Waals surface area contributed by atoms with Crippen molar-refractivity contribution in [3.8, 4) is 0 Å². The maximum Gasteiger partial charge on any atom is 0.325 e. The van der Waals surface area contributed by atoms with E-state index in [2.05, 4.69) is 25.2 Å². The standard InChI is InChI=1S/C27H31N3O3/c1-3-19-9-12-23-22(15-19)13-14-27(23)25(32)28-26(33)30(27)17-24(31)29(18(2)21-10-11-21)16-20-7-5-4-6-8-20/h4-9,12,15,18,21H,3,10-11,13-14,16-17H2,1-2H3,(H,28,32,33). The van der Waals surface area contributed by atoms with Gasteiger partial charge >= 0.3 is 6.03 Å². The fourth-order valence-corrected chi connectivity index (χ4v) is 5.51. The number of imide groups is 1. The highest BCUT2D eigenvalue weighted by molar-refractivity contribution is 6.09. The van der Waals surface area contributed by atoms with E-state index >= 15 is 0 Å². The lowest BCUT2D eigenvalue weighted by Gasteiger charge is -2.36. The Labute approximate surface area is 194 Å². The number of aryl methyl sites for hydroxylation is 2. The van der Waals surface area contributed by atoms with Crippen molar-refractivity contribution in [2.75, 3.05) is 6.54 Å². The summed E-state index contributed by atoms with van der Waals surface area (Å²) in [5.74, 6) is 0.0783. The molecule has 1 N–H and O–H groups in total. The highest BCUT2D eigenvalue weighted by Gasteiger charge is 2.57. The van der Waals surface area contributed by atoms with Crippen LogP contribution in [0.3, 0.4) is 0 Å². The third-order valence-electron chi connectivity index (χ3n) is 7.69. The Bertz CT molecular complexity index is 1100. The summed E-state index contributed by atoms with van der Waals surface area (Å²) in [5, 5.41) is 2.50. The van der Waals surface area contributed by atoms with Crippen LogP contribution in [0.1, 0.15) is 55.4 Å². The Balaban J connectivity index is 1.44. The molecule has 2 unspecified atom stereocenters. The van der Waals surface area contributed by atoms with Crippen LogP contribution in [-0.2, 0) is 34.5 Å². The molecule has 0 radical (unpaired) electrons. The van der Waals surface area contributed by atoms with Crippen molar-refractivity contribution in [2.24, 2.45) is 5.92 Å². The number of carbonyl (C=O) groups is 3. The molecular weight excluding hydrogens is 414 g/mol. The van der Waals surface area contributed by atoms with Gasteiger partial charge in [-0.15, -0.1) is 0 Å². The number of carbonyl (C=O) groups excluding carboxylic acids is 3. The fraction of sp³-hybridized carbons (Fsp3) is 0.444. The molecule has 172 valence electrons. The van der Waals surface area contributed by atoms with Crippen LogP contribution >= 0.6 is 0 Å². The maximum atomic E-state index is 13.7. The van der Waals surface area contributed by atoms with Gasteiger partial charge in [-0.25, -0.2) is 4.79 Å². The third kappa shape index (κ3) is 3.71. The second-order valence-electron chi connectivity index (χ2n) is 9.64. The van der Waals surface area contributed by atoms with E-state index in [0.29, 0.717) is 18.9 Å². The van der Waals surface area contributed by atoms with Gasteiger partial charge in [0.25, 0.3) is 5.91 Å². The van der Waals surface area contributed by atoms with Gasteiger partial charge in [0.2, 0.25) is 5.91 Å². The summed E-state index contributed by atoms with van der Waals surface area (Å²) in [4.78, 5) is 43.1. The van der Waals surface area contributed by atoms with Gasteiger partial charge in [-0.05, 0) is 67.2 Å². The molecule has 4 amide bonds. The average molecular weight is 446 g/mol. The van der Waals surface area contributed by atoms with Gasteiger partial charge in [-0.1, -0.05) is 55.5 Å². The zero-order chi connectivity index (χ0) is 23.2. The van der Waals surface area contributed by atoms with E-state index < -0.39 is 11.6 Å². The first kappa shape index (κ1) is 21.7. The molecular formula is C27H31N3O3. The molecule has 1 saturated carbocycles. The van der Waals surface area contributed by atoms with E-state index in [4.69, 9.17) is 0 Å². The normalized spacial score (nSPS) is 22.4. The molecule has 5 rings (SSSR count). The Morgan fingerprint density at radius 3 is 2.61 bits per heavy atom. The van der Waals surface area contributed by atoms with E-state index in [0.717, 1.165) is 42.4 Å². The molecule has 3 aliphatic rings. The SMILES string of the molecule is CCc1ccc2c(c1)CCC21C(=O)NC(=O)N1CC(=O)N(Cc1ccccc1)C(C)C1CC1. The summed E-state index contributed by atoms with van der Waals surface area (Å²) in [6, 6.07) is 15.7. The average Bonchev–Trinajstić information content (AvgIpc) is 3.57. The van der Waals surface area contributed by atoms with Crippen molar-refractivity contribution in [1.29, 1.82) is 0 Å². The van der Waals surface area contributed by atoms with Crippen LogP contribution in [0.15, 0.2) is 48.5 Å². The number of benzene rings is 2. The molecule has 1 saturated heterocycles. The summed E-state index contributed by atoms with van der Waals surface area (Å²) in [6.07, 6.45) is 4.40. The van der Waals surface area contributed by atoms with E-state index in [1.54, 1.807) is 0 Å². The monoisotopic (exact) mass is 445 g/mol. The summed E-state index contributed by atoms with van der Waals surface area (Å²) < 4.78 is 0. The summed E-state index contributed by atoms with van der Waals surface area (Å²) in [7, 11) is 0. The van der Waals surface area contributed by atoms with Gasteiger partial charge in [0.15, 0.2) is 0 Å². The zero-order valence-corrected chi connectivity index (χ0v) is 19.3. The molecule has 6 heteroatoms. The lowest BCUT2D eigenvalue weighted by molar-refractivity contribution is -0.137. The van der Waals surface area contributed by atoms with Crippen molar-refractivity contribution in [1.82, 2.24) is 15.1 Å². The van der Waals surface area contributed by atoms with Gasteiger partial charge in [0.1, 0.15) is 12.1 Å². The molecule has 6 nitrogen and oxygen atoms in total. The second-order valence-corrected chi connectivity index (χ2v) is 9.64. The fourth-order valence-electron chi connectivity index (χ4n) is 5.51. The lowest BCUT2D eigenvalue weighted by Crippen LogP contribution is -2.51. The van der Waals surface area contributed by atoms with Crippen LogP contribution in [0.2, 0.25) is 0 Å². The van der Waals surface area contributed by atoms with Crippen LogP contribution in [0.4, 0.5) is 4.79 Å². The summed E-state index contributed by atoms with van der Waals surface area (Å²) in [6.45, 7) is 4.60. The minimum atomic E-state index is -1.09. The van der Waals surface area contributed by atoms with E-state index in [9.17, 15) is 14.4 Å². The molecule has 0 bridgehead atoms. The molecule has 2 fully saturated rings. The van der Waals surface area contributed by atoms with Crippen molar-refractivity contribution < 1.29 is 14.4 Å². The van der Waals surface area contributed by atoms with Gasteiger partial charge in [-0.2, -0.15) is 0 Å². The smallest absolute Gasteiger partial charge is 0.325 e. The number of nitrogens with one attached hydrogen (secondary N) is 1. The van der Waals surface area contributed by atoms with E-state index in [1.807, 2.05) is 47.4 Å². The predicted octanol–water partition coefficient (Wildman–Crippen LogP) is 3.77. The van der Waals surface area contributed by atoms with Crippen molar-refractivity contribution in [2.45, 2.75) is 64.1 Å². The summed E-state index contributed by atoms with van der Waals surface area (Å²) in [5.41, 5.74) is 3.15. The van der Waals surface area contributed by atoms with Crippen LogP contribution in [0.5, 0.6) is 0 Å². The number of rotatable bonds is 7. The molecule has 33 heavy (non-hydrogen) atoms. The van der Waals surface area contributed by atoms with Crippen molar-refractivity contribution in [3.63, 3.8) is 0 Å². The van der Waals surface area contributed by atoms with Gasteiger partial charge in [0.05, 0.1) is 0 Å².